The smallest absolute Gasteiger partial charge is 0.0122 e. The largest absolute Gasteiger partial charge is 0.0901 e. The molecule has 144 valence electrons. The fourth-order valence-corrected chi connectivity index (χ4v) is 4.49. The molecule has 0 radical (unpaired) electrons. The Morgan fingerprint density at radius 1 is 0.448 bits per heavy atom. The lowest BCUT2D eigenvalue weighted by Gasteiger charge is -2.11. The number of hydrogen-bond donors (Lipinski definition) is 0. The van der Waals surface area contributed by atoms with E-state index in [0.717, 1.165) is 0 Å². The monoisotopic (exact) mass is 394 g/mol. The Morgan fingerprint density at radius 3 is 1.21 bits per heavy atom. The molecule has 0 atom stereocenters. The molecule has 0 aromatic heterocycles. The molecule has 0 heterocycles. The average molecular weight is 395 g/mol. The normalized spacial score (nSPS) is 10.9. The highest BCUT2D eigenvalue weighted by atomic mass is 32.2. The van der Waals surface area contributed by atoms with Gasteiger partial charge in [-0.15, -0.1) is 0 Å². The number of aryl methyl sites for hydroxylation is 2. The van der Waals surface area contributed by atoms with Gasteiger partial charge in [0.05, 0.1) is 0 Å². The van der Waals surface area contributed by atoms with Gasteiger partial charge in [-0.25, -0.2) is 0 Å². The van der Waals surface area contributed by atoms with Crippen LogP contribution < -0.4 is 0 Å². The highest BCUT2D eigenvalue weighted by Gasteiger charge is 2.06. The molecule has 0 aliphatic heterocycles. The standard InChI is InChI=1S/C28H26S/c1-19-7-5-9-27(21(19)3)23-11-15-25(16-12-23)29-26-17-13-24(14-18-26)28-10-6-8-20(2)22(28)4/h5-18H,1-4H3. The molecular formula is C28H26S. The van der Waals surface area contributed by atoms with Crippen molar-refractivity contribution in [2.45, 2.75) is 37.5 Å². The summed E-state index contributed by atoms with van der Waals surface area (Å²) in [4.78, 5) is 2.53. The first-order valence-corrected chi connectivity index (χ1v) is 10.9. The van der Waals surface area contributed by atoms with Gasteiger partial charge < -0.3 is 0 Å². The number of hydrogen-bond acceptors (Lipinski definition) is 1. The zero-order valence-electron chi connectivity index (χ0n) is 17.5. The quantitative estimate of drug-likeness (QED) is 0.335. The summed E-state index contributed by atoms with van der Waals surface area (Å²) in [6, 6.07) is 30.8. The van der Waals surface area contributed by atoms with Crippen LogP contribution in [0.3, 0.4) is 0 Å². The van der Waals surface area contributed by atoms with Crippen LogP contribution >= 0.6 is 11.8 Å². The van der Waals surface area contributed by atoms with Crippen LogP contribution in [0, 0.1) is 27.7 Å². The second-order valence-corrected chi connectivity index (χ2v) is 8.79. The first-order valence-electron chi connectivity index (χ1n) is 10.0. The predicted molar refractivity (Wildman–Crippen MR) is 127 cm³/mol. The van der Waals surface area contributed by atoms with Crippen molar-refractivity contribution in [3.05, 3.63) is 107 Å². The molecule has 29 heavy (non-hydrogen) atoms. The molecule has 4 aromatic rings. The summed E-state index contributed by atoms with van der Waals surface area (Å²) in [5, 5.41) is 0. The summed E-state index contributed by atoms with van der Waals surface area (Å²) in [6.07, 6.45) is 0. The molecule has 0 nitrogen and oxygen atoms in total. The number of benzene rings is 4. The molecule has 0 aliphatic carbocycles. The lowest BCUT2D eigenvalue weighted by molar-refractivity contribution is 1.33. The van der Waals surface area contributed by atoms with E-state index < -0.39 is 0 Å². The molecule has 0 N–H and O–H groups in total. The van der Waals surface area contributed by atoms with Gasteiger partial charge in [0.2, 0.25) is 0 Å². The van der Waals surface area contributed by atoms with Crippen LogP contribution in [0.25, 0.3) is 22.3 Å². The van der Waals surface area contributed by atoms with Crippen LogP contribution in [-0.4, -0.2) is 0 Å². The molecule has 0 fully saturated rings. The second kappa shape index (κ2) is 8.31. The Balaban J connectivity index is 1.52. The molecular weight excluding hydrogens is 368 g/mol. The minimum atomic E-state index is 1.26. The Labute approximate surface area is 178 Å². The first kappa shape index (κ1) is 19.5. The number of rotatable bonds is 4. The van der Waals surface area contributed by atoms with Gasteiger partial charge in [0.25, 0.3) is 0 Å². The van der Waals surface area contributed by atoms with E-state index in [4.69, 9.17) is 0 Å². The van der Waals surface area contributed by atoms with E-state index in [2.05, 4.69) is 113 Å². The fourth-order valence-electron chi connectivity index (χ4n) is 3.67. The summed E-state index contributed by atoms with van der Waals surface area (Å²) in [5.41, 5.74) is 10.6. The van der Waals surface area contributed by atoms with Crippen molar-refractivity contribution in [1.29, 1.82) is 0 Å². The van der Waals surface area contributed by atoms with Gasteiger partial charge in [0.1, 0.15) is 0 Å². The van der Waals surface area contributed by atoms with Crippen LogP contribution in [0.4, 0.5) is 0 Å². The molecule has 4 rings (SSSR count). The zero-order chi connectivity index (χ0) is 20.4. The van der Waals surface area contributed by atoms with Crippen molar-refractivity contribution in [3.8, 4) is 22.3 Å². The van der Waals surface area contributed by atoms with Crippen molar-refractivity contribution in [2.75, 3.05) is 0 Å². The Hall–Kier alpha value is -2.77. The van der Waals surface area contributed by atoms with E-state index in [-0.39, 0.29) is 0 Å². The first-order chi connectivity index (χ1) is 14.0. The van der Waals surface area contributed by atoms with Crippen LogP contribution in [0.2, 0.25) is 0 Å². The molecule has 0 saturated heterocycles. The average Bonchev–Trinajstić information content (AvgIpc) is 2.74. The van der Waals surface area contributed by atoms with Gasteiger partial charge in [-0.3, -0.25) is 0 Å². The minimum Gasteiger partial charge on any atom is -0.0901 e. The summed E-state index contributed by atoms with van der Waals surface area (Å²) >= 11 is 1.81. The Kier molecular flexibility index (Phi) is 5.60. The van der Waals surface area contributed by atoms with E-state index >= 15 is 0 Å². The van der Waals surface area contributed by atoms with E-state index in [9.17, 15) is 0 Å². The summed E-state index contributed by atoms with van der Waals surface area (Å²) in [5.74, 6) is 0. The third kappa shape index (κ3) is 4.16. The van der Waals surface area contributed by atoms with Crippen molar-refractivity contribution in [3.63, 3.8) is 0 Å². The van der Waals surface area contributed by atoms with Crippen LogP contribution in [0.5, 0.6) is 0 Å². The molecule has 0 aliphatic rings. The molecule has 0 unspecified atom stereocenters. The highest BCUT2D eigenvalue weighted by Crippen LogP contribution is 2.33. The van der Waals surface area contributed by atoms with Gasteiger partial charge in [-0.2, -0.15) is 0 Å². The van der Waals surface area contributed by atoms with E-state index in [0.29, 0.717) is 0 Å². The van der Waals surface area contributed by atoms with Gasteiger partial charge in [-0.05, 0) is 96.5 Å². The second-order valence-electron chi connectivity index (χ2n) is 7.65. The lowest BCUT2D eigenvalue weighted by atomic mass is 9.97. The van der Waals surface area contributed by atoms with Crippen molar-refractivity contribution in [2.24, 2.45) is 0 Å². The maximum Gasteiger partial charge on any atom is 0.0122 e. The summed E-state index contributed by atoms with van der Waals surface area (Å²) in [7, 11) is 0. The topological polar surface area (TPSA) is 0 Å². The third-order valence-electron chi connectivity index (χ3n) is 5.78. The Morgan fingerprint density at radius 2 is 0.828 bits per heavy atom. The van der Waals surface area contributed by atoms with Gasteiger partial charge >= 0.3 is 0 Å². The maximum absolute atomic E-state index is 2.23. The van der Waals surface area contributed by atoms with Crippen LogP contribution in [0.15, 0.2) is 94.7 Å². The van der Waals surface area contributed by atoms with Crippen molar-refractivity contribution < 1.29 is 0 Å². The van der Waals surface area contributed by atoms with Gasteiger partial charge in [-0.1, -0.05) is 72.4 Å². The van der Waals surface area contributed by atoms with Gasteiger partial charge in [0.15, 0.2) is 0 Å². The van der Waals surface area contributed by atoms with E-state index in [1.54, 1.807) is 0 Å². The van der Waals surface area contributed by atoms with Crippen molar-refractivity contribution in [1.82, 2.24) is 0 Å². The SMILES string of the molecule is Cc1cccc(-c2ccc(Sc3ccc(-c4cccc(C)c4C)cc3)cc2)c1C. The van der Waals surface area contributed by atoms with Crippen molar-refractivity contribution >= 4 is 11.8 Å². The molecule has 1 heteroatoms. The highest BCUT2D eigenvalue weighted by molar-refractivity contribution is 7.99. The maximum atomic E-state index is 2.23. The van der Waals surface area contributed by atoms with Crippen LogP contribution in [0.1, 0.15) is 22.3 Å². The summed E-state index contributed by atoms with van der Waals surface area (Å²) in [6.45, 7) is 8.74. The molecule has 0 bridgehead atoms. The third-order valence-corrected chi connectivity index (χ3v) is 6.79. The molecule has 0 spiro atoms. The van der Waals surface area contributed by atoms with E-state index in [1.807, 2.05) is 11.8 Å². The molecule has 0 saturated carbocycles. The predicted octanol–water partition coefficient (Wildman–Crippen LogP) is 8.41. The molecule has 0 amide bonds. The zero-order valence-corrected chi connectivity index (χ0v) is 18.3. The Bertz CT molecular complexity index is 1040. The summed E-state index contributed by atoms with van der Waals surface area (Å²) < 4.78 is 0. The minimum absolute atomic E-state index is 1.26. The van der Waals surface area contributed by atoms with E-state index in [1.165, 1.54) is 54.3 Å². The molecule has 4 aromatic carbocycles. The lowest BCUT2D eigenvalue weighted by Crippen LogP contribution is -1.87. The van der Waals surface area contributed by atoms with Crippen LogP contribution in [-0.2, 0) is 0 Å². The van der Waals surface area contributed by atoms with Gasteiger partial charge in [0, 0.05) is 9.79 Å². The fraction of sp³-hybridized carbons (Fsp3) is 0.143.